The summed E-state index contributed by atoms with van der Waals surface area (Å²) in [5, 5.41) is 3.26. The number of rotatable bonds is 8. The van der Waals surface area contributed by atoms with Crippen molar-refractivity contribution in [3.05, 3.63) is 40.1 Å². The number of amidine groups is 1. The van der Waals surface area contributed by atoms with Crippen molar-refractivity contribution >= 4 is 34.8 Å². The third-order valence-electron chi connectivity index (χ3n) is 7.16. The van der Waals surface area contributed by atoms with Crippen LogP contribution in [-0.2, 0) is 25.5 Å². The van der Waals surface area contributed by atoms with E-state index in [-0.39, 0.29) is 23.2 Å². The molecule has 40 heavy (non-hydrogen) atoms. The zero-order valence-electron chi connectivity index (χ0n) is 24.7. The lowest BCUT2D eigenvalue weighted by Crippen LogP contribution is -2.50. The Morgan fingerprint density at radius 1 is 1.05 bits per heavy atom. The number of thiophene rings is 1. The summed E-state index contributed by atoms with van der Waals surface area (Å²) in [6.07, 6.45) is 6.50. The Morgan fingerprint density at radius 2 is 1.73 bits per heavy atom. The summed E-state index contributed by atoms with van der Waals surface area (Å²) in [5.41, 5.74) is 0.709. The Bertz CT molecular complexity index is 1220. The van der Waals surface area contributed by atoms with Gasteiger partial charge in [-0.1, -0.05) is 40.0 Å². The molecule has 0 spiro atoms. The molecule has 2 fully saturated rings. The van der Waals surface area contributed by atoms with Crippen molar-refractivity contribution < 1.29 is 28.5 Å². The number of hydrogen-bond donors (Lipinski definition) is 1. The topological polar surface area (TPSA) is 95.5 Å². The Hall–Kier alpha value is -3.07. The van der Waals surface area contributed by atoms with Gasteiger partial charge in [0, 0.05) is 29.7 Å². The van der Waals surface area contributed by atoms with Crippen LogP contribution in [0.15, 0.2) is 35.3 Å². The van der Waals surface area contributed by atoms with E-state index in [0.29, 0.717) is 17.2 Å². The minimum absolute atomic E-state index is 0.159. The molecule has 4 rings (SSSR count). The quantitative estimate of drug-likeness (QED) is 0.159. The van der Waals surface area contributed by atoms with Crippen LogP contribution in [0.2, 0.25) is 0 Å². The Morgan fingerprint density at radius 3 is 2.33 bits per heavy atom. The van der Waals surface area contributed by atoms with Gasteiger partial charge >= 0.3 is 11.9 Å². The van der Waals surface area contributed by atoms with Crippen molar-refractivity contribution in [1.82, 2.24) is 0 Å². The first-order chi connectivity index (χ1) is 18.9. The lowest BCUT2D eigenvalue weighted by atomic mass is 9.83. The van der Waals surface area contributed by atoms with Gasteiger partial charge in [0.1, 0.15) is 17.3 Å². The first-order valence-electron chi connectivity index (χ1n) is 14.0. The first-order valence-corrected chi connectivity index (χ1v) is 14.8. The number of nitrogens with one attached hydrogen (secondary N) is 1. The van der Waals surface area contributed by atoms with Crippen LogP contribution in [0.1, 0.15) is 82.5 Å². The third-order valence-corrected chi connectivity index (χ3v) is 8.32. The minimum Gasteiger partial charge on any atom is -0.497 e. The number of anilines is 1. The Kier molecular flexibility index (Phi) is 9.12. The van der Waals surface area contributed by atoms with E-state index < -0.39 is 23.6 Å². The number of methoxy groups -OCH3 is 2. The van der Waals surface area contributed by atoms with Gasteiger partial charge in [0.25, 0.3) is 5.79 Å². The maximum atomic E-state index is 13.3. The highest BCUT2D eigenvalue weighted by Gasteiger charge is 2.47. The van der Waals surface area contributed by atoms with Crippen LogP contribution in [0.25, 0.3) is 0 Å². The van der Waals surface area contributed by atoms with Gasteiger partial charge in [0.2, 0.25) is 5.92 Å². The Balaban J connectivity index is 1.80. The molecule has 9 heteroatoms. The minimum atomic E-state index is -1.35. The SMILES string of the molecule is COc1ccc(NC(=NC(c2ccc(CC(C)(C)C)s2)C2CCCCC2)C2C(=O)OC(C)(C)OC2=O)c(OC)c1. The zero-order valence-corrected chi connectivity index (χ0v) is 25.5. The fourth-order valence-corrected chi connectivity index (χ4v) is 6.78. The average Bonchev–Trinajstić information content (AvgIpc) is 3.32. The van der Waals surface area contributed by atoms with Crippen molar-refractivity contribution in [1.29, 1.82) is 0 Å². The third kappa shape index (κ3) is 7.36. The summed E-state index contributed by atoms with van der Waals surface area (Å²) >= 11 is 1.76. The van der Waals surface area contributed by atoms with Gasteiger partial charge in [-0.25, -0.2) is 0 Å². The van der Waals surface area contributed by atoms with E-state index in [9.17, 15) is 9.59 Å². The normalized spacial score (nSPS) is 19.5. The molecule has 2 heterocycles. The number of benzene rings is 1. The maximum absolute atomic E-state index is 13.3. The standard InChI is InChI=1S/C31H42N2O6S/c1-30(2,3)18-21-14-16-24(40-21)26(19-11-9-8-10-12-19)33-27(25-28(34)38-31(4,5)39-29(25)35)32-22-15-13-20(36-6)17-23(22)37-7/h13-17,19,25-26H,8-12,18H2,1-7H3,(H,32,33). The molecule has 218 valence electrons. The van der Waals surface area contributed by atoms with E-state index in [1.54, 1.807) is 57.6 Å². The molecule has 2 aliphatic rings. The van der Waals surface area contributed by atoms with Crippen molar-refractivity contribution in [3.63, 3.8) is 0 Å². The number of esters is 2. The van der Waals surface area contributed by atoms with Crippen LogP contribution in [-0.4, -0.2) is 37.8 Å². The number of hydrogen-bond acceptors (Lipinski definition) is 8. The molecule has 1 unspecified atom stereocenters. The molecular formula is C31H42N2O6S. The van der Waals surface area contributed by atoms with Crippen LogP contribution in [0.5, 0.6) is 11.5 Å². The summed E-state index contributed by atoms with van der Waals surface area (Å²) in [4.78, 5) is 34.2. The predicted molar refractivity (Wildman–Crippen MR) is 157 cm³/mol. The van der Waals surface area contributed by atoms with Gasteiger partial charge in [-0.15, -0.1) is 11.3 Å². The second-order valence-corrected chi connectivity index (χ2v) is 13.5. The summed E-state index contributed by atoms with van der Waals surface area (Å²) in [6.45, 7) is 9.78. The van der Waals surface area contributed by atoms with Gasteiger partial charge < -0.3 is 24.3 Å². The van der Waals surface area contributed by atoms with E-state index >= 15 is 0 Å². The molecule has 0 amide bonds. The lowest BCUT2D eigenvalue weighted by Gasteiger charge is -2.34. The van der Waals surface area contributed by atoms with E-state index in [0.717, 1.165) is 37.0 Å². The molecule has 1 aromatic carbocycles. The molecule has 2 aromatic rings. The molecule has 1 atom stereocenters. The molecule has 0 bridgehead atoms. The highest BCUT2D eigenvalue weighted by atomic mass is 32.1. The average molecular weight is 571 g/mol. The van der Waals surface area contributed by atoms with Crippen LogP contribution in [0.3, 0.4) is 0 Å². The highest BCUT2D eigenvalue weighted by molar-refractivity contribution is 7.12. The number of nitrogens with zero attached hydrogens (tertiary/aromatic N) is 1. The van der Waals surface area contributed by atoms with E-state index in [1.165, 1.54) is 11.3 Å². The number of ether oxygens (including phenoxy) is 4. The van der Waals surface area contributed by atoms with Gasteiger partial charge in [-0.05, 0) is 54.9 Å². The second-order valence-electron chi connectivity index (χ2n) is 12.3. The maximum Gasteiger partial charge on any atom is 0.331 e. The lowest BCUT2D eigenvalue weighted by molar-refractivity contribution is -0.235. The van der Waals surface area contributed by atoms with E-state index in [4.69, 9.17) is 23.9 Å². The van der Waals surface area contributed by atoms with E-state index in [2.05, 4.69) is 38.2 Å². The summed E-state index contributed by atoms with van der Waals surface area (Å²) in [7, 11) is 3.13. The fourth-order valence-electron chi connectivity index (χ4n) is 5.33. The summed E-state index contributed by atoms with van der Waals surface area (Å²) in [6, 6.07) is 9.40. The monoisotopic (exact) mass is 570 g/mol. The van der Waals surface area contributed by atoms with E-state index in [1.807, 2.05) is 0 Å². The van der Waals surface area contributed by atoms with Gasteiger partial charge in [-0.2, -0.15) is 0 Å². The largest absolute Gasteiger partial charge is 0.497 e. The molecule has 1 N–H and O–H groups in total. The van der Waals surface area contributed by atoms with Crippen LogP contribution in [0.4, 0.5) is 5.69 Å². The van der Waals surface area contributed by atoms with Crippen LogP contribution < -0.4 is 14.8 Å². The molecule has 1 aliphatic heterocycles. The first kappa shape index (κ1) is 29.9. The molecule has 1 saturated carbocycles. The number of aliphatic imine (C=N–C) groups is 1. The number of cyclic esters (lactones) is 2. The smallest absolute Gasteiger partial charge is 0.331 e. The summed E-state index contributed by atoms with van der Waals surface area (Å²) in [5.74, 6) is -2.49. The zero-order chi connectivity index (χ0) is 29.1. The molecule has 8 nitrogen and oxygen atoms in total. The molecule has 1 aromatic heterocycles. The second kappa shape index (κ2) is 12.2. The fraction of sp³-hybridized carbons (Fsp3) is 0.581. The van der Waals surface area contributed by atoms with Gasteiger partial charge in [0.15, 0.2) is 0 Å². The number of carbonyl (C=O) groups excluding carboxylic acids is 2. The highest BCUT2D eigenvalue weighted by Crippen LogP contribution is 2.42. The molecule has 1 saturated heterocycles. The van der Waals surface area contributed by atoms with Gasteiger partial charge in [-0.3, -0.25) is 14.6 Å². The van der Waals surface area contributed by atoms with Crippen molar-refractivity contribution in [2.75, 3.05) is 19.5 Å². The summed E-state index contributed by atoms with van der Waals surface area (Å²) < 4.78 is 22.0. The molecular weight excluding hydrogens is 528 g/mol. The van der Waals surface area contributed by atoms with Crippen LogP contribution >= 0.6 is 11.3 Å². The molecule has 0 radical (unpaired) electrons. The Labute approximate surface area is 241 Å². The van der Waals surface area contributed by atoms with Crippen molar-refractivity contribution in [2.45, 2.75) is 85.0 Å². The van der Waals surface area contributed by atoms with Crippen molar-refractivity contribution in [2.24, 2.45) is 22.2 Å². The molecule has 1 aliphatic carbocycles. The predicted octanol–water partition coefficient (Wildman–Crippen LogP) is 6.94. The number of carbonyl (C=O) groups is 2. The van der Waals surface area contributed by atoms with Crippen LogP contribution in [0, 0.1) is 17.3 Å². The van der Waals surface area contributed by atoms with Gasteiger partial charge in [0.05, 0.1) is 25.9 Å². The van der Waals surface area contributed by atoms with Crippen molar-refractivity contribution in [3.8, 4) is 11.5 Å².